The first-order valence-corrected chi connectivity index (χ1v) is 7.77. The van der Waals surface area contributed by atoms with E-state index < -0.39 is 11.9 Å². The zero-order valence-electron chi connectivity index (χ0n) is 13.5. The molecule has 2 aromatic heterocycles. The van der Waals surface area contributed by atoms with Crippen molar-refractivity contribution in [2.45, 2.75) is 19.5 Å². The van der Waals surface area contributed by atoms with Crippen molar-refractivity contribution in [3.8, 4) is 0 Å². The van der Waals surface area contributed by atoms with Crippen molar-refractivity contribution in [2.24, 2.45) is 0 Å². The molecule has 0 aliphatic heterocycles. The van der Waals surface area contributed by atoms with E-state index in [1.807, 2.05) is 0 Å². The fraction of sp³-hybridized carbons (Fsp3) is 0.167. The van der Waals surface area contributed by atoms with Crippen LogP contribution in [0.3, 0.4) is 0 Å². The van der Waals surface area contributed by atoms with Gasteiger partial charge in [-0.05, 0) is 25.1 Å². The maximum Gasteiger partial charge on any atom is 0.252 e. The van der Waals surface area contributed by atoms with Gasteiger partial charge >= 0.3 is 0 Å². The quantitative estimate of drug-likeness (QED) is 0.656. The van der Waals surface area contributed by atoms with E-state index in [-0.39, 0.29) is 23.6 Å². The first-order valence-electron chi connectivity index (χ1n) is 7.77. The minimum absolute atomic E-state index is 0.227. The Morgan fingerprint density at radius 1 is 1.20 bits per heavy atom. The fourth-order valence-electron chi connectivity index (χ4n) is 2.47. The van der Waals surface area contributed by atoms with Gasteiger partial charge in [0.15, 0.2) is 0 Å². The van der Waals surface area contributed by atoms with Crippen LogP contribution < -0.4 is 16.2 Å². The van der Waals surface area contributed by atoms with Crippen molar-refractivity contribution in [3.63, 3.8) is 0 Å². The summed E-state index contributed by atoms with van der Waals surface area (Å²) in [4.78, 5) is 39.0. The molecule has 1 aromatic carbocycles. The molecule has 3 N–H and O–H groups in total. The van der Waals surface area contributed by atoms with Crippen molar-refractivity contribution >= 4 is 22.7 Å². The number of H-pyrrole nitrogens is 1. The first-order chi connectivity index (χ1) is 12.0. The minimum Gasteiger partial charge on any atom is -0.467 e. The number of para-hydroxylation sites is 1. The second-order valence-electron chi connectivity index (χ2n) is 5.59. The van der Waals surface area contributed by atoms with Gasteiger partial charge in [0.1, 0.15) is 11.8 Å². The van der Waals surface area contributed by atoms with Crippen molar-refractivity contribution in [1.82, 2.24) is 15.6 Å². The third-order valence-electron chi connectivity index (χ3n) is 3.75. The lowest BCUT2D eigenvalue weighted by molar-refractivity contribution is -0.122. The zero-order chi connectivity index (χ0) is 17.8. The molecular weight excluding hydrogens is 322 g/mol. The second kappa shape index (κ2) is 7.04. The summed E-state index contributed by atoms with van der Waals surface area (Å²) in [5, 5.41) is 5.90. The topological polar surface area (TPSA) is 104 Å². The molecule has 7 heteroatoms. The van der Waals surface area contributed by atoms with Gasteiger partial charge in [-0.2, -0.15) is 0 Å². The van der Waals surface area contributed by atoms with Crippen LogP contribution in [-0.2, 0) is 11.3 Å². The number of fused-ring (bicyclic) bond motifs is 1. The lowest BCUT2D eigenvalue weighted by atomic mass is 10.1. The summed E-state index contributed by atoms with van der Waals surface area (Å²) >= 11 is 0. The molecule has 25 heavy (non-hydrogen) atoms. The summed E-state index contributed by atoms with van der Waals surface area (Å²) in [6.07, 6.45) is 1.52. The number of benzene rings is 1. The van der Waals surface area contributed by atoms with E-state index >= 15 is 0 Å². The summed E-state index contributed by atoms with van der Waals surface area (Å²) in [5.41, 5.74) is 0.416. The van der Waals surface area contributed by atoms with E-state index in [4.69, 9.17) is 4.42 Å². The van der Waals surface area contributed by atoms with Gasteiger partial charge in [0.25, 0.3) is 5.91 Å². The van der Waals surface area contributed by atoms with Crippen LogP contribution in [0.25, 0.3) is 10.9 Å². The van der Waals surface area contributed by atoms with Crippen LogP contribution >= 0.6 is 0 Å². The Morgan fingerprint density at radius 2 is 2.00 bits per heavy atom. The molecule has 0 unspecified atom stereocenters. The maximum absolute atomic E-state index is 12.5. The van der Waals surface area contributed by atoms with Gasteiger partial charge in [-0.15, -0.1) is 0 Å². The Kier molecular flexibility index (Phi) is 4.65. The summed E-state index contributed by atoms with van der Waals surface area (Å²) in [5.74, 6) is -0.214. The molecule has 128 valence electrons. The summed E-state index contributed by atoms with van der Waals surface area (Å²) in [6, 6.07) is 10.9. The monoisotopic (exact) mass is 339 g/mol. The number of aromatic amines is 1. The third kappa shape index (κ3) is 3.77. The molecule has 0 fully saturated rings. The normalized spacial score (nSPS) is 11.9. The molecule has 2 amide bonds. The molecule has 0 saturated carbocycles. The van der Waals surface area contributed by atoms with Crippen LogP contribution in [0.4, 0.5) is 0 Å². The summed E-state index contributed by atoms with van der Waals surface area (Å²) < 4.78 is 5.14. The Morgan fingerprint density at radius 3 is 2.76 bits per heavy atom. The number of carbonyl (C=O) groups is 2. The molecule has 0 saturated heterocycles. The minimum atomic E-state index is -0.763. The molecule has 3 aromatic rings. The number of hydrogen-bond acceptors (Lipinski definition) is 4. The SMILES string of the molecule is C[C@@H](NC(=O)c1cc(=O)[nH]c2ccccc12)C(=O)NCc1ccco1. The van der Waals surface area contributed by atoms with E-state index in [0.717, 1.165) is 0 Å². The highest BCUT2D eigenvalue weighted by Crippen LogP contribution is 2.14. The van der Waals surface area contributed by atoms with E-state index in [0.29, 0.717) is 16.7 Å². The summed E-state index contributed by atoms with van der Waals surface area (Å²) in [7, 11) is 0. The van der Waals surface area contributed by atoms with Crippen LogP contribution in [-0.4, -0.2) is 22.8 Å². The highest BCUT2D eigenvalue weighted by atomic mass is 16.3. The van der Waals surface area contributed by atoms with Crippen LogP contribution in [0.15, 0.2) is 57.9 Å². The molecule has 1 atom stereocenters. The predicted molar refractivity (Wildman–Crippen MR) is 92.1 cm³/mol. The van der Waals surface area contributed by atoms with E-state index in [9.17, 15) is 14.4 Å². The Hall–Kier alpha value is -3.35. The Labute approximate surface area is 143 Å². The number of furan rings is 1. The Bertz CT molecular complexity index is 960. The van der Waals surface area contributed by atoms with E-state index in [1.54, 1.807) is 43.3 Å². The molecule has 0 radical (unpaired) electrons. The molecule has 3 rings (SSSR count). The van der Waals surface area contributed by atoms with Crippen molar-refractivity contribution in [2.75, 3.05) is 0 Å². The van der Waals surface area contributed by atoms with Gasteiger partial charge in [-0.25, -0.2) is 0 Å². The number of hydrogen-bond donors (Lipinski definition) is 3. The van der Waals surface area contributed by atoms with Crippen LogP contribution in [0.2, 0.25) is 0 Å². The average Bonchev–Trinajstić information content (AvgIpc) is 3.12. The molecule has 0 spiro atoms. The van der Waals surface area contributed by atoms with Gasteiger partial charge in [0.2, 0.25) is 11.5 Å². The van der Waals surface area contributed by atoms with Gasteiger partial charge in [0, 0.05) is 17.0 Å². The third-order valence-corrected chi connectivity index (χ3v) is 3.75. The lowest BCUT2D eigenvalue weighted by Gasteiger charge is -2.14. The highest BCUT2D eigenvalue weighted by Gasteiger charge is 2.18. The lowest BCUT2D eigenvalue weighted by Crippen LogP contribution is -2.44. The summed E-state index contributed by atoms with van der Waals surface area (Å²) in [6.45, 7) is 1.81. The van der Waals surface area contributed by atoms with Crippen LogP contribution in [0, 0.1) is 0 Å². The average molecular weight is 339 g/mol. The van der Waals surface area contributed by atoms with Gasteiger partial charge < -0.3 is 20.0 Å². The van der Waals surface area contributed by atoms with Crippen molar-refractivity contribution in [1.29, 1.82) is 0 Å². The second-order valence-corrected chi connectivity index (χ2v) is 5.59. The van der Waals surface area contributed by atoms with Crippen molar-refractivity contribution < 1.29 is 14.0 Å². The number of carbonyl (C=O) groups excluding carboxylic acids is 2. The standard InChI is InChI=1S/C18H17N3O4/c1-11(17(23)19-10-12-5-4-8-25-12)20-18(24)14-9-16(22)21-15-7-3-2-6-13(14)15/h2-9,11H,10H2,1H3,(H,19,23)(H,20,24)(H,21,22)/t11-/m1/s1. The number of rotatable bonds is 5. The molecule has 0 aliphatic carbocycles. The molecule has 7 nitrogen and oxygen atoms in total. The number of aromatic nitrogens is 1. The van der Waals surface area contributed by atoms with Gasteiger partial charge in [-0.1, -0.05) is 18.2 Å². The van der Waals surface area contributed by atoms with Crippen LogP contribution in [0.1, 0.15) is 23.0 Å². The Balaban J connectivity index is 1.71. The zero-order valence-corrected chi connectivity index (χ0v) is 13.5. The highest BCUT2D eigenvalue weighted by molar-refractivity contribution is 6.07. The smallest absolute Gasteiger partial charge is 0.252 e. The number of pyridine rings is 1. The van der Waals surface area contributed by atoms with Gasteiger partial charge in [-0.3, -0.25) is 14.4 Å². The molecular formula is C18H17N3O4. The number of nitrogens with one attached hydrogen (secondary N) is 3. The van der Waals surface area contributed by atoms with Crippen LogP contribution in [0.5, 0.6) is 0 Å². The molecule has 0 bridgehead atoms. The predicted octanol–water partition coefficient (Wildman–Crippen LogP) is 1.56. The molecule has 2 heterocycles. The largest absolute Gasteiger partial charge is 0.467 e. The van der Waals surface area contributed by atoms with Gasteiger partial charge in [0.05, 0.1) is 18.4 Å². The number of amides is 2. The van der Waals surface area contributed by atoms with E-state index in [1.165, 1.54) is 12.3 Å². The van der Waals surface area contributed by atoms with E-state index in [2.05, 4.69) is 15.6 Å². The fourth-order valence-corrected chi connectivity index (χ4v) is 2.47. The maximum atomic E-state index is 12.5. The van der Waals surface area contributed by atoms with Crippen molar-refractivity contribution in [3.05, 3.63) is 70.4 Å². The molecule has 0 aliphatic rings. The first kappa shape index (κ1) is 16.5.